The molecule has 0 amide bonds. The van der Waals surface area contributed by atoms with E-state index in [2.05, 4.69) is 20.4 Å². The normalized spacial score (nSPS) is 12.7. The van der Waals surface area contributed by atoms with Crippen LogP contribution in [-0.4, -0.2) is 37.4 Å². The van der Waals surface area contributed by atoms with Crippen molar-refractivity contribution in [2.24, 2.45) is 0 Å². The lowest BCUT2D eigenvalue weighted by Gasteiger charge is -2.10. The van der Waals surface area contributed by atoms with Gasteiger partial charge in [-0.1, -0.05) is 24.2 Å². The molecule has 0 aliphatic heterocycles. The van der Waals surface area contributed by atoms with E-state index in [4.69, 9.17) is 4.52 Å². The molecule has 0 fully saturated rings. The molecule has 3 rings (SSSR count). The zero-order chi connectivity index (χ0) is 15.5. The van der Waals surface area contributed by atoms with Crippen LogP contribution in [-0.2, 0) is 13.0 Å². The zero-order valence-electron chi connectivity index (χ0n) is 12.7. The molecule has 0 radical (unpaired) electrons. The summed E-state index contributed by atoms with van der Waals surface area (Å²) in [6, 6.07) is 7.85. The summed E-state index contributed by atoms with van der Waals surface area (Å²) < 4.78 is 7.25. The minimum Gasteiger partial charge on any atom is -0.392 e. The van der Waals surface area contributed by atoms with E-state index in [-0.39, 0.29) is 0 Å². The molecule has 2 N–H and O–H groups in total. The summed E-state index contributed by atoms with van der Waals surface area (Å²) >= 11 is 0. The van der Waals surface area contributed by atoms with Gasteiger partial charge in [0.05, 0.1) is 17.1 Å². The Balaban J connectivity index is 1.95. The van der Waals surface area contributed by atoms with Crippen LogP contribution in [0.15, 0.2) is 28.8 Å². The van der Waals surface area contributed by atoms with E-state index >= 15 is 0 Å². The average molecular weight is 301 g/mol. The molecular weight excluding hydrogens is 282 g/mol. The summed E-state index contributed by atoms with van der Waals surface area (Å²) in [5.41, 5.74) is 1.86. The van der Waals surface area contributed by atoms with Crippen LogP contribution in [0.4, 0.5) is 5.95 Å². The number of aromatic nitrogens is 4. The van der Waals surface area contributed by atoms with Crippen LogP contribution < -0.4 is 5.32 Å². The molecule has 22 heavy (non-hydrogen) atoms. The quantitative estimate of drug-likeness (QED) is 0.722. The number of aliphatic hydroxyl groups excluding tert-OH is 1. The maximum Gasteiger partial charge on any atom is 0.246 e. The summed E-state index contributed by atoms with van der Waals surface area (Å²) in [6.07, 6.45) is 0.282. The highest BCUT2D eigenvalue weighted by Crippen LogP contribution is 2.20. The number of aliphatic hydroxyl groups is 1. The van der Waals surface area contributed by atoms with Crippen molar-refractivity contribution in [3.8, 4) is 0 Å². The molecule has 0 saturated heterocycles. The Morgan fingerprint density at radius 1 is 1.32 bits per heavy atom. The summed E-state index contributed by atoms with van der Waals surface area (Å²) in [6.45, 7) is 4.57. The van der Waals surface area contributed by atoms with Crippen LogP contribution in [0.5, 0.6) is 0 Å². The number of rotatable bonds is 6. The molecule has 0 spiro atoms. The molecule has 2 aromatic heterocycles. The Morgan fingerprint density at radius 2 is 2.14 bits per heavy atom. The molecule has 0 aliphatic carbocycles. The lowest BCUT2D eigenvalue weighted by molar-refractivity contribution is 0.208. The van der Waals surface area contributed by atoms with Gasteiger partial charge in [0.2, 0.25) is 11.8 Å². The summed E-state index contributed by atoms with van der Waals surface area (Å²) in [5, 5.41) is 16.5. The molecular formula is C15H19N5O2. The van der Waals surface area contributed by atoms with Gasteiger partial charge in [-0.25, -0.2) is 4.98 Å². The molecule has 7 nitrogen and oxygen atoms in total. The second-order valence-electron chi connectivity index (χ2n) is 5.20. The third-order valence-corrected chi connectivity index (χ3v) is 3.33. The number of aryl methyl sites for hydroxylation is 1. The smallest absolute Gasteiger partial charge is 0.246 e. The van der Waals surface area contributed by atoms with Crippen LogP contribution in [0.2, 0.25) is 0 Å². The topological polar surface area (TPSA) is 89.0 Å². The summed E-state index contributed by atoms with van der Waals surface area (Å²) in [5.74, 6) is 1.91. The van der Waals surface area contributed by atoms with Crippen LogP contribution in [0.25, 0.3) is 11.0 Å². The minimum absolute atomic E-state index is 0.424. The highest BCUT2D eigenvalue weighted by atomic mass is 16.5. The van der Waals surface area contributed by atoms with Crippen LogP contribution >= 0.6 is 0 Å². The van der Waals surface area contributed by atoms with Crippen LogP contribution in [0.1, 0.15) is 25.6 Å². The van der Waals surface area contributed by atoms with Crippen molar-refractivity contribution in [1.29, 1.82) is 0 Å². The largest absolute Gasteiger partial charge is 0.392 e. The Bertz CT molecular complexity index is 762. The Labute approximate surface area is 128 Å². The van der Waals surface area contributed by atoms with Crippen molar-refractivity contribution in [3.63, 3.8) is 0 Å². The second-order valence-corrected chi connectivity index (χ2v) is 5.20. The molecule has 2 heterocycles. The first-order valence-corrected chi connectivity index (χ1v) is 7.36. The zero-order valence-corrected chi connectivity index (χ0v) is 12.7. The highest BCUT2D eigenvalue weighted by molar-refractivity contribution is 5.78. The number of nitrogens with one attached hydrogen (secondary N) is 1. The lowest BCUT2D eigenvalue weighted by Crippen LogP contribution is -2.18. The maximum absolute atomic E-state index is 9.46. The monoisotopic (exact) mass is 301 g/mol. The van der Waals surface area contributed by atoms with Gasteiger partial charge in [0.15, 0.2) is 5.82 Å². The number of anilines is 1. The lowest BCUT2D eigenvalue weighted by atomic mass is 10.3. The molecule has 0 bridgehead atoms. The first-order chi connectivity index (χ1) is 10.7. The SMILES string of the molecule is CCc1noc(Cn2c(NCC(C)O)nc3ccccc32)n1. The number of benzene rings is 1. The van der Waals surface area contributed by atoms with E-state index in [0.29, 0.717) is 30.8 Å². The first-order valence-electron chi connectivity index (χ1n) is 7.36. The average Bonchev–Trinajstić information content (AvgIpc) is 3.10. The third-order valence-electron chi connectivity index (χ3n) is 3.33. The molecule has 0 aliphatic rings. The van der Waals surface area contributed by atoms with E-state index < -0.39 is 6.10 Å². The van der Waals surface area contributed by atoms with Crippen molar-refractivity contribution in [2.45, 2.75) is 32.9 Å². The van der Waals surface area contributed by atoms with Crippen LogP contribution in [0.3, 0.4) is 0 Å². The third kappa shape index (κ3) is 2.94. The fraction of sp³-hybridized carbons (Fsp3) is 0.400. The number of nitrogens with zero attached hydrogens (tertiary/aromatic N) is 4. The fourth-order valence-corrected chi connectivity index (χ4v) is 2.24. The van der Waals surface area contributed by atoms with Gasteiger partial charge < -0.3 is 19.5 Å². The fourth-order valence-electron chi connectivity index (χ4n) is 2.24. The van der Waals surface area contributed by atoms with Crippen molar-refractivity contribution in [1.82, 2.24) is 19.7 Å². The van der Waals surface area contributed by atoms with Gasteiger partial charge >= 0.3 is 0 Å². The van der Waals surface area contributed by atoms with Crippen molar-refractivity contribution < 1.29 is 9.63 Å². The summed E-state index contributed by atoms with van der Waals surface area (Å²) in [4.78, 5) is 8.90. The molecule has 7 heteroatoms. The summed E-state index contributed by atoms with van der Waals surface area (Å²) in [7, 11) is 0. The van der Waals surface area contributed by atoms with Gasteiger partial charge in [-0.05, 0) is 19.1 Å². The molecule has 0 saturated carbocycles. The van der Waals surface area contributed by atoms with E-state index in [0.717, 1.165) is 17.5 Å². The van der Waals surface area contributed by atoms with Gasteiger partial charge in [-0.3, -0.25) is 0 Å². The standard InChI is InChI=1S/C15H19N5O2/c1-3-13-18-14(22-19-13)9-20-12-7-5-4-6-11(12)17-15(20)16-8-10(2)21/h4-7,10,21H,3,8-9H2,1-2H3,(H,16,17). The molecule has 116 valence electrons. The Kier molecular flexibility index (Phi) is 4.06. The predicted molar refractivity (Wildman–Crippen MR) is 82.7 cm³/mol. The minimum atomic E-state index is -0.455. The number of para-hydroxylation sites is 2. The van der Waals surface area contributed by atoms with Gasteiger partial charge in [-0.2, -0.15) is 4.98 Å². The van der Waals surface area contributed by atoms with Crippen molar-refractivity contribution in [2.75, 3.05) is 11.9 Å². The number of fused-ring (bicyclic) bond motifs is 1. The van der Waals surface area contributed by atoms with Crippen LogP contribution in [0, 0.1) is 0 Å². The molecule has 1 unspecified atom stereocenters. The van der Waals surface area contributed by atoms with Crippen molar-refractivity contribution >= 4 is 17.0 Å². The van der Waals surface area contributed by atoms with Crippen molar-refractivity contribution in [3.05, 3.63) is 36.0 Å². The van der Waals surface area contributed by atoms with E-state index in [1.54, 1.807) is 6.92 Å². The van der Waals surface area contributed by atoms with E-state index in [9.17, 15) is 5.11 Å². The molecule has 3 aromatic rings. The Hall–Kier alpha value is -2.41. The van der Waals surface area contributed by atoms with Gasteiger partial charge in [0, 0.05) is 13.0 Å². The first kappa shape index (κ1) is 14.5. The van der Waals surface area contributed by atoms with E-state index in [1.165, 1.54) is 0 Å². The highest BCUT2D eigenvalue weighted by Gasteiger charge is 2.14. The van der Waals surface area contributed by atoms with Gasteiger partial charge in [0.25, 0.3) is 0 Å². The number of hydrogen-bond donors (Lipinski definition) is 2. The number of hydrogen-bond acceptors (Lipinski definition) is 6. The van der Waals surface area contributed by atoms with E-state index in [1.807, 2.05) is 35.8 Å². The Morgan fingerprint density at radius 3 is 2.86 bits per heavy atom. The number of imidazole rings is 1. The molecule has 1 aromatic carbocycles. The predicted octanol–water partition coefficient (Wildman–Crippen LogP) is 1.82. The van der Waals surface area contributed by atoms with Gasteiger partial charge in [0.1, 0.15) is 6.54 Å². The van der Waals surface area contributed by atoms with Gasteiger partial charge in [-0.15, -0.1) is 0 Å². The maximum atomic E-state index is 9.46. The second kappa shape index (κ2) is 6.15. The molecule has 1 atom stereocenters.